The highest BCUT2D eigenvalue weighted by molar-refractivity contribution is 6.31. The summed E-state index contributed by atoms with van der Waals surface area (Å²) in [7, 11) is 0. The summed E-state index contributed by atoms with van der Waals surface area (Å²) in [4.78, 5) is 0. The van der Waals surface area contributed by atoms with Gasteiger partial charge in [-0.1, -0.05) is 31.0 Å². The van der Waals surface area contributed by atoms with Crippen molar-refractivity contribution in [1.82, 2.24) is 0 Å². The van der Waals surface area contributed by atoms with Gasteiger partial charge < -0.3 is 5.73 Å². The van der Waals surface area contributed by atoms with E-state index in [1.165, 1.54) is 18.2 Å². The highest BCUT2D eigenvalue weighted by Gasteiger charge is 2.28. The third-order valence-corrected chi connectivity index (χ3v) is 2.94. The van der Waals surface area contributed by atoms with Crippen molar-refractivity contribution >= 4 is 11.6 Å². The van der Waals surface area contributed by atoms with Gasteiger partial charge in [0.2, 0.25) is 0 Å². The number of rotatable bonds is 5. The first-order chi connectivity index (χ1) is 7.50. The SMILES string of the molecule is CCCC(F)(CN)Cc1ccc(F)cc1Cl. The minimum Gasteiger partial charge on any atom is -0.328 e. The van der Waals surface area contributed by atoms with Gasteiger partial charge in [-0.2, -0.15) is 0 Å². The van der Waals surface area contributed by atoms with Crippen LogP contribution in [-0.2, 0) is 6.42 Å². The second-order valence-corrected chi connectivity index (χ2v) is 4.42. The van der Waals surface area contributed by atoms with E-state index in [0.717, 1.165) is 0 Å². The first-order valence-corrected chi connectivity index (χ1v) is 5.71. The Labute approximate surface area is 99.6 Å². The Bertz CT molecular complexity index is 357. The van der Waals surface area contributed by atoms with Crippen LogP contribution in [0.4, 0.5) is 8.78 Å². The molecule has 0 radical (unpaired) electrons. The van der Waals surface area contributed by atoms with Crippen molar-refractivity contribution in [3.8, 4) is 0 Å². The molecular weight excluding hydrogens is 232 g/mol. The number of benzene rings is 1. The Morgan fingerprint density at radius 1 is 1.44 bits per heavy atom. The molecule has 0 saturated carbocycles. The van der Waals surface area contributed by atoms with Crippen LogP contribution in [0.3, 0.4) is 0 Å². The van der Waals surface area contributed by atoms with Gasteiger partial charge in [-0.15, -0.1) is 0 Å². The predicted molar refractivity (Wildman–Crippen MR) is 62.9 cm³/mol. The molecule has 0 fully saturated rings. The minimum absolute atomic E-state index is 0.0471. The van der Waals surface area contributed by atoms with Crippen LogP contribution in [0.25, 0.3) is 0 Å². The van der Waals surface area contributed by atoms with Crippen LogP contribution < -0.4 is 5.73 Å². The highest BCUT2D eigenvalue weighted by Crippen LogP contribution is 2.27. The molecule has 1 rings (SSSR count). The smallest absolute Gasteiger partial charge is 0.127 e. The van der Waals surface area contributed by atoms with E-state index >= 15 is 0 Å². The standard InChI is InChI=1S/C12H16ClF2N/c1-2-5-12(15,8-16)7-9-3-4-10(14)6-11(9)13/h3-4,6H,2,5,7-8,16H2,1H3. The van der Waals surface area contributed by atoms with Crippen LogP contribution in [0.2, 0.25) is 5.02 Å². The fourth-order valence-electron chi connectivity index (χ4n) is 1.72. The summed E-state index contributed by atoms with van der Waals surface area (Å²) in [6.07, 6.45) is 1.24. The first-order valence-electron chi connectivity index (χ1n) is 5.33. The number of halogens is 3. The van der Waals surface area contributed by atoms with E-state index in [1.54, 1.807) is 0 Å². The molecule has 0 amide bonds. The number of alkyl halides is 1. The van der Waals surface area contributed by atoms with Gasteiger partial charge in [-0.3, -0.25) is 0 Å². The van der Waals surface area contributed by atoms with Crippen molar-refractivity contribution in [3.63, 3.8) is 0 Å². The molecule has 1 atom stereocenters. The fourth-order valence-corrected chi connectivity index (χ4v) is 1.95. The number of hydrogen-bond acceptors (Lipinski definition) is 1. The van der Waals surface area contributed by atoms with E-state index in [1.807, 2.05) is 6.92 Å². The molecule has 0 aliphatic heterocycles. The second-order valence-electron chi connectivity index (χ2n) is 4.02. The van der Waals surface area contributed by atoms with Crippen LogP contribution in [0, 0.1) is 5.82 Å². The zero-order valence-electron chi connectivity index (χ0n) is 9.27. The molecule has 16 heavy (non-hydrogen) atoms. The van der Waals surface area contributed by atoms with Crippen molar-refractivity contribution in [2.75, 3.05) is 6.54 Å². The van der Waals surface area contributed by atoms with E-state index in [0.29, 0.717) is 18.4 Å². The molecule has 4 heteroatoms. The van der Waals surface area contributed by atoms with Gasteiger partial charge in [0.25, 0.3) is 0 Å². The quantitative estimate of drug-likeness (QED) is 0.847. The number of hydrogen-bond donors (Lipinski definition) is 1. The van der Waals surface area contributed by atoms with E-state index in [9.17, 15) is 8.78 Å². The maximum absolute atomic E-state index is 14.2. The molecule has 1 aromatic rings. The van der Waals surface area contributed by atoms with Crippen molar-refractivity contribution < 1.29 is 8.78 Å². The lowest BCUT2D eigenvalue weighted by molar-refractivity contribution is 0.158. The van der Waals surface area contributed by atoms with E-state index < -0.39 is 11.5 Å². The number of nitrogens with two attached hydrogens (primary N) is 1. The summed E-state index contributed by atoms with van der Waals surface area (Å²) in [5.74, 6) is -0.415. The van der Waals surface area contributed by atoms with Gasteiger partial charge in [0.15, 0.2) is 0 Å². The molecule has 0 saturated heterocycles. The lowest BCUT2D eigenvalue weighted by atomic mass is 9.92. The molecule has 0 spiro atoms. The van der Waals surface area contributed by atoms with Crippen molar-refractivity contribution in [3.05, 3.63) is 34.6 Å². The van der Waals surface area contributed by atoms with Crippen LogP contribution in [0.5, 0.6) is 0 Å². The van der Waals surface area contributed by atoms with Gasteiger partial charge in [0, 0.05) is 18.0 Å². The normalized spacial score (nSPS) is 14.8. The minimum atomic E-state index is -1.45. The Morgan fingerprint density at radius 2 is 2.12 bits per heavy atom. The maximum Gasteiger partial charge on any atom is 0.127 e. The largest absolute Gasteiger partial charge is 0.328 e. The topological polar surface area (TPSA) is 26.0 Å². The van der Waals surface area contributed by atoms with Gasteiger partial charge in [-0.05, 0) is 24.1 Å². The molecule has 0 aliphatic rings. The molecule has 2 N–H and O–H groups in total. The molecule has 1 aromatic carbocycles. The van der Waals surface area contributed by atoms with Crippen LogP contribution >= 0.6 is 11.6 Å². The molecule has 0 aromatic heterocycles. The monoisotopic (exact) mass is 247 g/mol. The lowest BCUT2D eigenvalue weighted by Crippen LogP contribution is -2.35. The highest BCUT2D eigenvalue weighted by atomic mass is 35.5. The molecule has 90 valence electrons. The van der Waals surface area contributed by atoms with Crippen molar-refractivity contribution in [2.24, 2.45) is 5.73 Å². The predicted octanol–water partition coefficient (Wildman–Crippen LogP) is 3.49. The average Bonchev–Trinajstić information content (AvgIpc) is 2.23. The molecule has 0 aliphatic carbocycles. The summed E-state index contributed by atoms with van der Waals surface area (Å²) >= 11 is 5.85. The van der Waals surface area contributed by atoms with Gasteiger partial charge in [0.05, 0.1) is 0 Å². The lowest BCUT2D eigenvalue weighted by Gasteiger charge is -2.23. The van der Waals surface area contributed by atoms with E-state index in [2.05, 4.69) is 0 Å². The van der Waals surface area contributed by atoms with E-state index in [4.69, 9.17) is 17.3 Å². The van der Waals surface area contributed by atoms with Crippen LogP contribution in [0.15, 0.2) is 18.2 Å². The third kappa shape index (κ3) is 3.42. The summed E-state index contributed by atoms with van der Waals surface area (Å²) < 4.78 is 27.0. The molecule has 1 unspecified atom stereocenters. The molecule has 0 heterocycles. The zero-order valence-corrected chi connectivity index (χ0v) is 10.0. The second kappa shape index (κ2) is 5.60. The Kier molecular flexibility index (Phi) is 4.69. The van der Waals surface area contributed by atoms with Crippen LogP contribution in [0.1, 0.15) is 25.3 Å². The molecule has 0 bridgehead atoms. The third-order valence-electron chi connectivity index (χ3n) is 2.59. The van der Waals surface area contributed by atoms with Crippen molar-refractivity contribution in [1.29, 1.82) is 0 Å². The Morgan fingerprint density at radius 3 is 2.62 bits per heavy atom. The van der Waals surface area contributed by atoms with Crippen molar-refractivity contribution in [2.45, 2.75) is 31.9 Å². The average molecular weight is 248 g/mol. The van der Waals surface area contributed by atoms with E-state index in [-0.39, 0.29) is 18.0 Å². The maximum atomic E-state index is 14.2. The summed E-state index contributed by atoms with van der Waals surface area (Å²) in [5, 5.41) is 0.256. The molecule has 1 nitrogen and oxygen atoms in total. The fraction of sp³-hybridized carbons (Fsp3) is 0.500. The summed E-state index contributed by atoms with van der Waals surface area (Å²) in [6, 6.07) is 3.99. The Hall–Kier alpha value is -0.670. The molecular formula is C12H16ClF2N. The van der Waals surface area contributed by atoms with Gasteiger partial charge in [0.1, 0.15) is 11.5 Å². The Balaban J connectivity index is 2.85. The first kappa shape index (κ1) is 13.4. The van der Waals surface area contributed by atoms with Gasteiger partial charge in [-0.25, -0.2) is 8.78 Å². The van der Waals surface area contributed by atoms with Gasteiger partial charge >= 0.3 is 0 Å². The summed E-state index contributed by atoms with van der Waals surface area (Å²) in [6.45, 7) is 1.85. The van der Waals surface area contributed by atoms with Crippen LogP contribution in [-0.4, -0.2) is 12.2 Å². The zero-order chi connectivity index (χ0) is 12.2. The summed E-state index contributed by atoms with van der Waals surface area (Å²) in [5.41, 5.74) is 4.58.